The smallest absolute Gasteiger partial charge is 0.287 e. The molecule has 0 aliphatic rings. The Morgan fingerprint density at radius 2 is 1.50 bits per heavy atom. The molecule has 0 heterocycles. The van der Waals surface area contributed by atoms with Crippen LogP contribution in [0, 0.1) is 0 Å². The minimum absolute atomic E-state index is 0.286. The lowest BCUT2D eigenvalue weighted by Crippen LogP contribution is -2.44. The second-order valence-corrected chi connectivity index (χ2v) is 4.37. The molecule has 0 aromatic heterocycles. The fraction of sp³-hybridized carbons (Fsp3) is 0.222. The summed E-state index contributed by atoms with van der Waals surface area (Å²) in [7, 11) is 0. The zero-order valence-corrected chi connectivity index (χ0v) is 10.4. The molecule has 0 saturated heterocycles. The Morgan fingerprint density at radius 3 is 1.94 bits per heavy atom. The Morgan fingerprint density at radius 1 is 1.00 bits per heavy atom. The van der Waals surface area contributed by atoms with Gasteiger partial charge in [0, 0.05) is 10.6 Å². The fourth-order valence-corrected chi connectivity index (χ4v) is 1.71. The quantitative estimate of drug-likeness (QED) is 0.423. The van der Waals surface area contributed by atoms with Crippen molar-refractivity contribution in [3.63, 3.8) is 0 Å². The van der Waals surface area contributed by atoms with Crippen LogP contribution in [0.3, 0.4) is 0 Å². The maximum atomic E-state index is 12.8. The molecule has 1 aromatic rings. The Balaban J connectivity index is 3.37. The van der Waals surface area contributed by atoms with E-state index in [0.717, 1.165) is 6.07 Å². The van der Waals surface area contributed by atoms with Gasteiger partial charge in [0.25, 0.3) is 0 Å². The van der Waals surface area contributed by atoms with E-state index in [2.05, 4.69) is 0 Å². The van der Waals surface area contributed by atoms with E-state index in [0.29, 0.717) is 6.07 Å². The molecule has 100 valence electrons. The first kappa shape index (κ1) is 15.5. The standard InChI is InChI=1S/C9H2Cl3F5O/c10-3-1-4(6(12)5(11)2-3)7(18)8(13,14)9(15,16)17/h1-2H. The van der Waals surface area contributed by atoms with Crippen molar-refractivity contribution in [2.24, 2.45) is 0 Å². The van der Waals surface area contributed by atoms with E-state index in [4.69, 9.17) is 34.8 Å². The van der Waals surface area contributed by atoms with Crippen molar-refractivity contribution in [3.05, 3.63) is 32.8 Å². The number of hydrogen-bond acceptors (Lipinski definition) is 1. The summed E-state index contributed by atoms with van der Waals surface area (Å²) in [5, 5.41) is -1.40. The minimum Gasteiger partial charge on any atom is -0.287 e. The number of halogens is 8. The Kier molecular flexibility index (Phi) is 4.15. The molecule has 0 N–H and O–H groups in total. The lowest BCUT2D eigenvalue weighted by molar-refractivity contribution is -0.255. The monoisotopic (exact) mass is 326 g/mol. The van der Waals surface area contributed by atoms with E-state index >= 15 is 0 Å². The highest BCUT2D eigenvalue weighted by Gasteiger charge is 2.63. The van der Waals surface area contributed by atoms with Crippen molar-refractivity contribution >= 4 is 40.6 Å². The molecule has 0 atom stereocenters. The molecule has 0 spiro atoms. The lowest BCUT2D eigenvalue weighted by Gasteiger charge is -2.19. The predicted octanol–water partition coefficient (Wildman–Crippen LogP) is 5.03. The van der Waals surface area contributed by atoms with E-state index in [-0.39, 0.29) is 5.02 Å². The number of carbonyl (C=O) groups excluding carboxylic acids is 1. The summed E-state index contributed by atoms with van der Waals surface area (Å²) in [5.74, 6) is -8.07. The predicted molar refractivity (Wildman–Crippen MR) is 56.8 cm³/mol. The van der Waals surface area contributed by atoms with Gasteiger partial charge < -0.3 is 0 Å². The summed E-state index contributed by atoms with van der Waals surface area (Å²) in [6.07, 6.45) is -6.03. The SMILES string of the molecule is O=C(c1cc(Cl)cc(Cl)c1Cl)C(F)(F)C(F)(F)F. The Labute approximate surface area is 112 Å². The molecule has 0 amide bonds. The number of alkyl halides is 5. The number of hydrogen-bond donors (Lipinski definition) is 0. The van der Waals surface area contributed by atoms with Crippen LogP contribution in [0.15, 0.2) is 12.1 Å². The summed E-state index contributed by atoms with van der Waals surface area (Å²) >= 11 is 16.2. The molecule has 18 heavy (non-hydrogen) atoms. The molecular weight excluding hydrogens is 325 g/mol. The van der Waals surface area contributed by atoms with Gasteiger partial charge in [-0.1, -0.05) is 34.8 Å². The van der Waals surface area contributed by atoms with Gasteiger partial charge in [-0.25, -0.2) is 0 Å². The topological polar surface area (TPSA) is 17.1 Å². The van der Waals surface area contributed by atoms with Gasteiger partial charge in [-0.2, -0.15) is 22.0 Å². The summed E-state index contributed by atoms with van der Waals surface area (Å²) in [6, 6.07) is 1.60. The molecule has 9 heteroatoms. The van der Waals surface area contributed by atoms with Crippen LogP contribution >= 0.6 is 34.8 Å². The van der Waals surface area contributed by atoms with Crippen molar-refractivity contribution in [2.45, 2.75) is 12.1 Å². The van der Waals surface area contributed by atoms with E-state index < -0.39 is 33.5 Å². The van der Waals surface area contributed by atoms with Crippen LogP contribution in [-0.2, 0) is 0 Å². The van der Waals surface area contributed by atoms with Crippen LogP contribution in [0.4, 0.5) is 22.0 Å². The number of carbonyl (C=O) groups is 1. The maximum Gasteiger partial charge on any atom is 0.461 e. The van der Waals surface area contributed by atoms with E-state index in [1.807, 2.05) is 0 Å². The highest BCUT2D eigenvalue weighted by molar-refractivity contribution is 6.45. The van der Waals surface area contributed by atoms with Crippen molar-refractivity contribution in [1.29, 1.82) is 0 Å². The molecule has 0 fully saturated rings. The Bertz CT molecular complexity index is 498. The summed E-state index contributed by atoms with van der Waals surface area (Å²) in [6.45, 7) is 0. The number of benzene rings is 1. The van der Waals surface area contributed by atoms with Crippen LogP contribution in [-0.4, -0.2) is 17.9 Å². The third-order valence-corrected chi connectivity index (χ3v) is 2.90. The van der Waals surface area contributed by atoms with Gasteiger partial charge in [-0.3, -0.25) is 4.79 Å². The molecule has 0 saturated carbocycles. The molecule has 0 unspecified atom stereocenters. The van der Waals surface area contributed by atoms with Crippen LogP contribution in [0.2, 0.25) is 15.1 Å². The van der Waals surface area contributed by atoms with Crippen LogP contribution in [0.5, 0.6) is 0 Å². The summed E-state index contributed by atoms with van der Waals surface area (Å²) in [4.78, 5) is 11.2. The molecule has 0 aliphatic heterocycles. The van der Waals surface area contributed by atoms with Crippen molar-refractivity contribution in [2.75, 3.05) is 0 Å². The van der Waals surface area contributed by atoms with E-state index in [1.165, 1.54) is 0 Å². The van der Waals surface area contributed by atoms with Crippen LogP contribution < -0.4 is 0 Å². The van der Waals surface area contributed by atoms with Crippen molar-refractivity contribution in [3.8, 4) is 0 Å². The largest absolute Gasteiger partial charge is 0.461 e. The average Bonchev–Trinajstić information content (AvgIpc) is 2.20. The molecule has 1 aromatic carbocycles. The van der Waals surface area contributed by atoms with Gasteiger partial charge in [0.1, 0.15) is 0 Å². The molecule has 1 nitrogen and oxygen atoms in total. The second-order valence-electron chi connectivity index (χ2n) is 3.15. The molecule has 0 aliphatic carbocycles. The van der Waals surface area contributed by atoms with Gasteiger partial charge in [0.05, 0.1) is 10.0 Å². The van der Waals surface area contributed by atoms with Crippen LogP contribution in [0.1, 0.15) is 10.4 Å². The zero-order chi connectivity index (χ0) is 14.3. The fourth-order valence-electron chi connectivity index (χ4n) is 1.02. The first-order valence-electron chi connectivity index (χ1n) is 4.12. The van der Waals surface area contributed by atoms with E-state index in [1.54, 1.807) is 0 Å². The normalized spacial score (nSPS) is 12.7. The van der Waals surface area contributed by atoms with Gasteiger partial charge in [-0.05, 0) is 12.1 Å². The average molecular weight is 327 g/mol. The van der Waals surface area contributed by atoms with Crippen LogP contribution in [0.25, 0.3) is 0 Å². The third kappa shape index (κ3) is 2.70. The van der Waals surface area contributed by atoms with Gasteiger partial charge in [-0.15, -0.1) is 0 Å². The first-order valence-corrected chi connectivity index (χ1v) is 5.25. The molecular formula is C9H2Cl3F5O. The maximum absolute atomic E-state index is 12.8. The van der Waals surface area contributed by atoms with Gasteiger partial charge >= 0.3 is 12.1 Å². The zero-order valence-electron chi connectivity index (χ0n) is 8.09. The number of rotatable bonds is 2. The third-order valence-electron chi connectivity index (χ3n) is 1.88. The van der Waals surface area contributed by atoms with E-state index in [9.17, 15) is 26.7 Å². The van der Waals surface area contributed by atoms with Crippen molar-refractivity contribution < 1.29 is 26.7 Å². The van der Waals surface area contributed by atoms with Gasteiger partial charge in [0.15, 0.2) is 0 Å². The highest BCUT2D eigenvalue weighted by Crippen LogP contribution is 2.40. The summed E-state index contributed by atoms with van der Waals surface area (Å²) in [5.41, 5.74) is -1.09. The summed E-state index contributed by atoms with van der Waals surface area (Å²) < 4.78 is 61.7. The molecule has 1 rings (SSSR count). The van der Waals surface area contributed by atoms with Gasteiger partial charge in [0.2, 0.25) is 5.78 Å². The number of ketones is 1. The van der Waals surface area contributed by atoms with Crippen molar-refractivity contribution in [1.82, 2.24) is 0 Å². The Hall–Kier alpha value is -0.590. The molecule has 0 bridgehead atoms. The second kappa shape index (κ2) is 4.83. The first-order chi connectivity index (χ1) is 7.98. The highest BCUT2D eigenvalue weighted by atomic mass is 35.5. The molecule has 0 radical (unpaired) electrons. The lowest BCUT2D eigenvalue weighted by atomic mass is 10.1. The minimum atomic E-state index is -6.03. The number of Topliss-reactive ketones (excluding diaryl/α,β-unsaturated/α-hetero) is 1.